The van der Waals surface area contributed by atoms with Gasteiger partial charge in [0.25, 0.3) is 0 Å². The molecule has 3 rings (SSSR count). The summed E-state index contributed by atoms with van der Waals surface area (Å²) in [6.45, 7) is 4.91. The van der Waals surface area contributed by atoms with Gasteiger partial charge in [-0.15, -0.1) is 0 Å². The summed E-state index contributed by atoms with van der Waals surface area (Å²) in [6, 6.07) is 19.8. The summed E-state index contributed by atoms with van der Waals surface area (Å²) in [7, 11) is -3.59. The molecule has 0 saturated carbocycles. The van der Waals surface area contributed by atoms with Crippen LogP contribution in [-0.2, 0) is 34.6 Å². The van der Waals surface area contributed by atoms with Crippen molar-refractivity contribution in [3.63, 3.8) is 0 Å². The molecule has 0 unspecified atom stereocenters. The van der Waals surface area contributed by atoms with Crippen LogP contribution in [0, 0.1) is 0 Å². The molecule has 0 aliphatic carbocycles. The molecule has 0 aromatic heterocycles. The summed E-state index contributed by atoms with van der Waals surface area (Å²) < 4.78 is 70.0. The third-order valence-electron chi connectivity index (χ3n) is 6.12. The highest BCUT2D eigenvalue weighted by molar-refractivity contribution is 7.90. The van der Waals surface area contributed by atoms with Gasteiger partial charge < -0.3 is 9.84 Å². The largest absolute Gasteiger partial charge is 0.494 e. The quantitative estimate of drug-likeness (QED) is 0.287. The van der Waals surface area contributed by atoms with Crippen molar-refractivity contribution in [2.24, 2.45) is 0 Å². The molecule has 0 atom stereocenters. The molecular weight excluding hydrogens is 515 g/mol. The average molecular weight is 550 g/mol. The fourth-order valence-corrected chi connectivity index (χ4v) is 5.24. The predicted molar refractivity (Wildman–Crippen MR) is 142 cm³/mol. The second kappa shape index (κ2) is 12.3. The molecule has 38 heavy (non-hydrogen) atoms. The third kappa shape index (κ3) is 8.85. The van der Waals surface area contributed by atoms with Crippen molar-refractivity contribution < 1.29 is 31.4 Å². The van der Waals surface area contributed by atoms with E-state index in [4.69, 9.17) is 4.74 Å². The zero-order valence-corrected chi connectivity index (χ0v) is 22.6. The van der Waals surface area contributed by atoms with Gasteiger partial charge in [-0.25, -0.2) is 8.42 Å². The molecule has 0 aliphatic heterocycles. The molecule has 0 spiro atoms. The van der Waals surface area contributed by atoms with Gasteiger partial charge in [0.05, 0.1) is 22.7 Å². The van der Waals surface area contributed by atoms with Gasteiger partial charge in [0.1, 0.15) is 5.75 Å². The number of aliphatic hydroxyl groups is 1. The highest BCUT2D eigenvalue weighted by atomic mass is 32.2. The fourth-order valence-electron chi connectivity index (χ4n) is 4.19. The van der Waals surface area contributed by atoms with E-state index < -0.39 is 27.2 Å². The van der Waals surface area contributed by atoms with Crippen molar-refractivity contribution in [3.05, 3.63) is 95.1 Å². The molecule has 3 aromatic rings. The van der Waals surface area contributed by atoms with Crippen LogP contribution in [0.1, 0.15) is 42.5 Å². The lowest BCUT2D eigenvalue weighted by molar-refractivity contribution is -0.137. The first-order valence-electron chi connectivity index (χ1n) is 12.4. The van der Waals surface area contributed by atoms with Crippen molar-refractivity contribution in [2.75, 3.05) is 26.0 Å². The molecule has 0 saturated heterocycles. The summed E-state index contributed by atoms with van der Waals surface area (Å²) in [5.74, 6) is 0.368. The Balaban J connectivity index is 1.67. The molecule has 0 radical (unpaired) electrons. The Morgan fingerprint density at radius 1 is 0.895 bits per heavy atom. The van der Waals surface area contributed by atoms with E-state index in [1.807, 2.05) is 30.3 Å². The smallest absolute Gasteiger partial charge is 0.416 e. The minimum absolute atomic E-state index is 0.0107. The van der Waals surface area contributed by atoms with E-state index in [1.165, 1.54) is 32.0 Å². The lowest BCUT2D eigenvalue weighted by Crippen LogP contribution is -2.28. The number of sulfone groups is 1. The first-order valence-corrected chi connectivity index (χ1v) is 14.2. The number of benzene rings is 3. The van der Waals surface area contributed by atoms with Gasteiger partial charge in [-0.2, -0.15) is 13.2 Å². The number of hydrogen-bond acceptors (Lipinski definition) is 5. The van der Waals surface area contributed by atoms with Crippen LogP contribution in [0.5, 0.6) is 5.75 Å². The minimum Gasteiger partial charge on any atom is -0.494 e. The molecular formula is C29H34F3NO4S. The first kappa shape index (κ1) is 29.7. The van der Waals surface area contributed by atoms with Crippen molar-refractivity contribution in [2.45, 2.75) is 49.9 Å². The van der Waals surface area contributed by atoms with Crippen LogP contribution in [0.4, 0.5) is 13.2 Å². The van der Waals surface area contributed by atoms with E-state index >= 15 is 0 Å². The van der Waals surface area contributed by atoms with Gasteiger partial charge in [-0.3, -0.25) is 4.90 Å². The van der Waals surface area contributed by atoms with Crippen molar-refractivity contribution in [1.82, 2.24) is 4.90 Å². The van der Waals surface area contributed by atoms with Gasteiger partial charge in [0.15, 0.2) is 9.84 Å². The average Bonchev–Trinajstić information content (AvgIpc) is 2.84. The lowest BCUT2D eigenvalue weighted by Gasteiger charge is -2.23. The second-order valence-electron chi connectivity index (χ2n) is 9.90. The molecule has 0 bridgehead atoms. The highest BCUT2D eigenvalue weighted by Gasteiger charge is 2.30. The molecule has 9 heteroatoms. The molecule has 5 nitrogen and oxygen atoms in total. The topological polar surface area (TPSA) is 66.8 Å². The Bertz CT molecular complexity index is 1300. The molecule has 1 N–H and O–H groups in total. The maximum Gasteiger partial charge on any atom is 0.416 e. The van der Waals surface area contributed by atoms with Crippen LogP contribution in [-0.4, -0.2) is 44.4 Å². The molecule has 206 valence electrons. The minimum atomic E-state index is -4.40. The third-order valence-corrected chi connectivity index (χ3v) is 7.26. The van der Waals surface area contributed by atoms with Crippen molar-refractivity contribution in [3.8, 4) is 5.75 Å². The van der Waals surface area contributed by atoms with E-state index in [1.54, 1.807) is 18.2 Å². The van der Waals surface area contributed by atoms with Crippen molar-refractivity contribution >= 4 is 9.84 Å². The number of alkyl halides is 3. The van der Waals surface area contributed by atoms with Crippen LogP contribution >= 0.6 is 0 Å². The second-order valence-corrected chi connectivity index (χ2v) is 11.9. The molecule has 0 aliphatic rings. The van der Waals surface area contributed by atoms with Crippen LogP contribution in [0.2, 0.25) is 0 Å². The Labute approximate surface area is 222 Å². The normalized spacial score (nSPS) is 12.6. The standard InChI is InChI=1S/C29H34F3NO4S/c1-28(2,34)26-14-13-25(20-27(26)38(3,35)36)37-18-8-16-33(17-15-22-9-5-4-6-10-22)21-23-11-7-12-24(19-23)29(30,31)32/h4-7,9-14,19-20,34H,8,15-18,21H2,1-3H3. The maximum atomic E-state index is 13.2. The Kier molecular flexibility index (Phi) is 9.62. The van der Waals surface area contributed by atoms with Crippen LogP contribution in [0.25, 0.3) is 0 Å². The lowest BCUT2D eigenvalue weighted by atomic mass is 9.98. The zero-order chi connectivity index (χ0) is 28.0. The molecule has 0 fully saturated rings. The Hall–Kier alpha value is -2.88. The number of rotatable bonds is 12. The summed E-state index contributed by atoms with van der Waals surface area (Å²) in [6.07, 6.45) is -1.99. The molecule has 0 amide bonds. The fraction of sp³-hybridized carbons (Fsp3) is 0.379. The van der Waals surface area contributed by atoms with E-state index in [0.29, 0.717) is 42.9 Å². The van der Waals surface area contributed by atoms with Gasteiger partial charge in [-0.05, 0) is 56.0 Å². The monoisotopic (exact) mass is 549 g/mol. The van der Waals surface area contributed by atoms with Gasteiger partial charge in [0.2, 0.25) is 0 Å². The van der Waals surface area contributed by atoms with Crippen LogP contribution in [0.3, 0.4) is 0 Å². The van der Waals surface area contributed by atoms with E-state index in [9.17, 15) is 26.7 Å². The summed E-state index contributed by atoms with van der Waals surface area (Å²) >= 11 is 0. The predicted octanol–water partition coefficient (Wildman–Crippen LogP) is 5.85. The number of ether oxygens (including phenoxy) is 1. The van der Waals surface area contributed by atoms with Crippen LogP contribution < -0.4 is 4.74 Å². The van der Waals surface area contributed by atoms with Crippen molar-refractivity contribution in [1.29, 1.82) is 0 Å². The Morgan fingerprint density at radius 2 is 1.58 bits per heavy atom. The van der Waals surface area contributed by atoms with Crippen LogP contribution in [0.15, 0.2) is 77.7 Å². The number of hydrogen-bond donors (Lipinski definition) is 1. The highest BCUT2D eigenvalue weighted by Crippen LogP contribution is 2.31. The van der Waals surface area contributed by atoms with Gasteiger partial charge in [-0.1, -0.05) is 54.6 Å². The van der Waals surface area contributed by atoms with Gasteiger partial charge >= 0.3 is 6.18 Å². The maximum absolute atomic E-state index is 13.2. The summed E-state index contributed by atoms with van der Waals surface area (Å²) in [5.41, 5.74) is 0.00411. The summed E-state index contributed by atoms with van der Waals surface area (Å²) in [5, 5.41) is 10.3. The van der Waals surface area contributed by atoms with E-state index in [-0.39, 0.29) is 11.5 Å². The first-order chi connectivity index (χ1) is 17.7. The van der Waals surface area contributed by atoms with E-state index in [2.05, 4.69) is 4.90 Å². The SMILES string of the molecule is CC(C)(O)c1ccc(OCCCN(CCc2ccccc2)Cc2cccc(C(F)(F)F)c2)cc1S(C)(=O)=O. The van der Waals surface area contributed by atoms with Gasteiger partial charge in [0, 0.05) is 31.5 Å². The van der Waals surface area contributed by atoms with E-state index in [0.717, 1.165) is 24.3 Å². The molecule has 3 aromatic carbocycles. The number of nitrogens with zero attached hydrogens (tertiary/aromatic N) is 1. The zero-order valence-electron chi connectivity index (χ0n) is 21.8. The Morgan fingerprint density at radius 3 is 2.21 bits per heavy atom. The summed E-state index contributed by atoms with van der Waals surface area (Å²) in [4.78, 5) is 2.10. The number of halogens is 3. The molecule has 0 heterocycles.